The van der Waals surface area contributed by atoms with Crippen LogP contribution in [0.2, 0.25) is 0 Å². The molecule has 104 valence electrons. The van der Waals surface area contributed by atoms with Gasteiger partial charge in [0.1, 0.15) is 11.4 Å². The van der Waals surface area contributed by atoms with Gasteiger partial charge >= 0.3 is 5.97 Å². The Morgan fingerprint density at radius 3 is 2.55 bits per heavy atom. The fourth-order valence-corrected chi connectivity index (χ4v) is 1.83. The van der Waals surface area contributed by atoms with Crippen LogP contribution in [0.4, 0.5) is 5.69 Å². The van der Waals surface area contributed by atoms with Gasteiger partial charge in [-0.2, -0.15) is 0 Å². The highest BCUT2D eigenvalue weighted by Crippen LogP contribution is 2.28. The molecule has 1 aromatic heterocycles. The van der Waals surface area contributed by atoms with Crippen LogP contribution >= 0.6 is 0 Å². The second-order valence-electron chi connectivity index (χ2n) is 4.12. The van der Waals surface area contributed by atoms with Gasteiger partial charge < -0.3 is 14.8 Å². The molecule has 1 N–H and O–H groups in total. The molecule has 6 nitrogen and oxygen atoms in total. The maximum Gasteiger partial charge on any atom is 0.356 e. The van der Waals surface area contributed by atoms with Gasteiger partial charge in [0.25, 0.3) is 0 Å². The van der Waals surface area contributed by atoms with Gasteiger partial charge in [-0.25, -0.2) is 9.78 Å². The van der Waals surface area contributed by atoms with E-state index in [1.165, 1.54) is 21.1 Å². The number of anilines is 1. The lowest BCUT2D eigenvalue weighted by atomic mass is 10.1. The third-order valence-electron chi connectivity index (χ3n) is 2.71. The minimum absolute atomic E-state index is 0.178. The number of hydrogen-bond acceptors (Lipinski definition) is 5. The fraction of sp³-hybridized carbons (Fsp3) is 0.214. The first kappa shape index (κ1) is 13.8. The van der Waals surface area contributed by atoms with Crippen LogP contribution in [0.1, 0.15) is 17.4 Å². The third kappa shape index (κ3) is 2.69. The molecule has 20 heavy (non-hydrogen) atoms. The summed E-state index contributed by atoms with van der Waals surface area (Å²) in [5.41, 5.74) is 1.17. The fourth-order valence-electron chi connectivity index (χ4n) is 1.83. The number of nitrogens with zero attached hydrogens (tertiary/aromatic N) is 1. The van der Waals surface area contributed by atoms with E-state index in [2.05, 4.69) is 15.0 Å². The highest BCUT2D eigenvalue weighted by molar-refractivity contribution is 6.01. The highest BCUT2D eigenvalue weighted by atomic mass is 16.5. The van der Waals surface area contributed by atoms with Crippen molar-refractivity contribution >= 4 is 28.5 Å². The number of methoxy groups -OCH3 is 2. The summed E-state index contributed by atoms with van der Waals surface area (Å²) >= 11 is 0. The average molecular weight is 274 g/mol. The molecule has 0 aliphatic rings. The summed E-state index contributed by atoms with van der Waals surface area (Å²) in [6.45, 7) is 1.40. The summed E-state index contributed by atoms with van der Waals surface area (Å²) in [5, 5.41) is 3.42. The molecule has 0 bridgehead atoms. The van der Waals surface area contributed by atoms with Gasteiger partial charge in [0.2, 0.25) is 5.91 Å². The van der Waals surface area contributed by atoms with Crippen molar-refractivity contribution in [3.8, 4) is 5.75 Å². The number of carbonyl (C=O) groups excluding carboxylic acids is 2. The molecular formula is C14H14N2O4. The molecule has 2 rings (SSSR count). The van der Waals surface area contributed by atoms with Gasteiger partial charge in [-0.05, 0) is 12.1 Å². The van der Waals surface area contributed by atoms with E-state index in [1.54, 1.807) is 24.3 Å². The molecule has 0 saturated heterocycles. The summed E-state index contributed by atoms with van der Waals surface area (Å²) < 4.78 is 9.81. The van der Waals surface area contributed by atoms with E-state index in [-0.39, 0.29) is 11.6 Å². The first-order valence-corrected chi connectivity index (χ1v) is 5.90. The van der Waals surface area contributed by atoms with E-state index in [1.807, 2.05) is 0 Å². The number of carbonyl (C=O) groups is 2. The maximum atomic E-state index is 11.5. The molecular weight excluding hydrogens is 260 g/mol. The van der Waals surface area contributed by atoms with Crippen molar-refractivity contribution < 1.29 is 19.1 Å². The Balaban J connectivity index is 2.64. The number of nitrogens with one attached hydrogen (secondary N) is 1. The van der Waals surface area contributed by atoms with Crippen molar-refractivity contribution in [3.63, 3.8) is 0 Å². The van der Waals surface area contributed by atoms with E-state index >= 15 is 0 Å². The topological polar surface area (TPSA) is 77.5 Å². The smallest absolute Gasteiger partial charge is 0.356 e. The molecule has 0 fully saturated rings. The van der Waals surface area contributed by atoms with Crippen LogP contribution in [0, 0.1) is 0 Å². The molecule has 0 aliphatic heterocycles. The number of pyridine rings is 1. The lowest BCUT2D eigenvalue weighted by Crippen LogP contribution is -2.09. The van der Waals surface area contributed by atoms with Crippen LogP contribution in [0.5, 0.6) is 5.75 Å². The normalized spacial score (nSPS) is 10.2. The predicted molar refractivity (Wildman–Crippen MR) is 73.9 cm³/mol. The van der Waals surface area contributed by atoms with Crippen molar-refractivity contribution in [3.05, 3.63) is 30.0 Å². The Hall–Kier alpha value is -2.63. The number of rotatable bonds is 3. The zero-order chi connectivity index (χ0) is 14.7. The van der Waals surface area contributed by atoms with Gasteiger partial charge in [-0.15, -0.1) is 0 Å². The van der Waals surface area contributed by atoms with Gasteiger partial charge in [0.15, 0.2) is 0 Å². The van der Waals surface area contributed by atoms with Crippen molar-refractivity contribution in [1.29, 1.82) is 0 Å². The number of fused-ring (bicyclic) bond motifs is 1. The molecule has 0 radical (unpaired) electrons. The van der Waals surface area contributed by atoms with Crippen LogP contribution in [-0.4, -0.2) is 31.1 Å². The molecule has 6 heteroatoms. The summed E-state index contributed by atoms with van der Waals surface area (Å²) in [6, 6.07) is 6.71. The number of amides is 1. The van der Waals surface area contributed by atoms with Gasteiger partial charge in [0.05, 0.1) is 25.4 Å². The number of benzene rings is 1. The van der Waals surface area contributed by atoms with Crippen LogP contribution in [0.3, 0.4) is 0 Å². The van der Waals surface area contributed by atoms with Crippen molar-refractivity contribution in [2.45, 2.75) is 6.92 Å². The first-order valence-electron chi connectivity index (χ1n) is 5.90. The van der Waals surface area contributed by atoms with Gasteiger partial charge in [-0.3, -0.25) is 4.79 Å². The molecule has 0 spiro atoms. The average Bonchev–Trinajstić information content (AvgIpc) is 2.45. The Morgan fingerprint density at radius 1 is 1.20 bits per heavy atom. The van der Waals surface area contributed by atoms with Crippen LogP contribution in [0.15, 0.2) is 24.3 Å². The molecule has 0 aliphatic carbocycles. The first-order chi connectivity index (χ1) is 9.55. The maximum absolute atomic E-state index is 11.5. The van der Waals surface area contributed by atoms with Gasteiger partial charge in [0, 0.05) is 18.4 Å². The predicted octanol–water partition coefficient (Wildman–Crippen LogP) is 1.99. The zero-order valence-electron chi connectivity index (χ0n) is 11.4. The monoisotopic (exact) mass is 274 g/mol. The Labute approximate surface area is 115 Å². The van der Waals surface area contributed by atoms with Crippen LogP contribution in [-0.2, 0) is 9.53 Å². The molecule has 1 heterocycles. The van der Waals surface area contributed by atoms with Crippen molar-refractivity contribution in [2.75, 3.05) is 19.5 Å². The summed E-state index contributed by atoms with van der Waals surface area (Å²) in [5.74, 6) is -0.171. The van der Waals surface area contributed by atoms with Crippen molar-refractivity contribution in [2.24, 2.45) is 0 Å². The molecule has 0 atom stereocenters. The Morgan fingerprint density at radius 2 is 1.95 bits per heavy atom. The second-order valence-corrected chi connectivity index (χ2v) is 4.12. The number of hydrogen-bond donors (Lipinski definition) is 1. The standard InChI is InChI=1S/C14H14N2O4/c1-8(17)15-12-7-10(19-2)6-9-4-5-11(14(18)20-3)16-13(9)12/h4-7H,1-3H3,(H,15,17). The third-order valence-corrected chi connectivity index (χ3v) is 2.71. The number of esters is 1. The quantitative estimate of drug-likeness (QED) is 0.866. The second kappa shape index (κ2) is 5.56. The SMILES string of the molecule is COC(=O)c1ccc2cc(OC)cc(NC(C)=O)c2n1. The largest absolute Gasteiger partial charge is 0.497 e. The van der Waals surface area contributed by atoms with E-state index in [4.69, 9.17) is 4.74 Å². The summed E-state index contributed by atoms with van der Waals surface area (Å²) in [7, 11) is 2.83. The van der Waals surface area contributed by atoms with E-state index in [9.17, 15) is 9.59 Å². The molecule has 0 saturated carbocycles. The Bertz CT molecular complexity index is 682. The van der Waals surface area contributed by atoms with Crippen molar-refractivity contribution in [1.82, 2.24) is 4.98 Å². The summed E-state index contributed by atoms with van der Waals surface area (Å²) in [4.78, 5) is 27.0. The molecule has 0 unspecified atom stereocenters. The zero-order valence-corrected chi connectivity index (χ0v) is 11.4. The van der Waals surface area contributed by atoms with Crippen LogP contribution < -0.4 is 10.1 Å². The molecule has 2 aromatic rings. The lowest BCUT2D eigenvalue weighted by Gasteiger charge is -2.10. The molecule has 1 aromatic carbocycles. The number of ether oxygens (including phenoxy) is 2. The van der Waals surface area contributed by atoms with E-state index in [0.29, 0.717) is 17.0 Å². The molecule has 1 amide bonds. The van der Waals surface area contributed by atoms with E-state index in [0.717, 1.165) is 5.39 Å². The number of aromatic nitrogens is 1. The van der Waals surface area contributed by atoms with E-state index < -0.39 is 5.97 Å². The minimum Gasteiger partial charge on any atom is -0.497 e. The van der Waals surface area contributed by atoms with Gasteiger partial charge in [-0.1, -0.05) is 6.07 Å². The Kier molecular flexibility index (Phi) is 3.84. The highest BCUT2D eigenvalue weighted by Gasteiger charge is 2.12. The minimum atomic E-state index is -0.531. The lowest BCUT2D eigenvalue weighted by molar-refractivity contribution is -0.114. The van der Waals surface area contributed by atoms with Crippen LogP contribution in [0.25, 0.3) is 10.9 Å². The summed E-state index contributed by atoms with van der Waals surface area (Å²) in [6.07, 6.45) is 0.